The monoisotopic (exact) mass is 168 g/mol. The lowest BCUT2D eigenvalue weighted by molar-refractivity contribution is 0.255. The molecule has 2 heteroatoms. The van der Waals surface area contributed by atoms with Gasteiger partial charge in [-0.15, -0.1) is 0 Å². The molecule has 12 heavy (non-hydrogen) atoms. The Morgan fingerprint density at radius 2 is 1.75 bits per heavy atom. The lowest BCUT2D eigenvalue weighted by atomic mass is 9.77. The van der Waals surface area contributed by atoms with Crippen molar-refractivity contribution in [3.05, 3.63) is 0 Å². The van der Waals surface area contributed by atoms with Gasteiger partial charge >= 0.3 is 0 Å². The molecule has 0 heterocycles. The SMILES string of the molecule is CC(C)[C@H]1CC[C@@H](C(=N)N)CC1. The molecule has 0 unspecified atom stereocenters. The number of amidine groups is 1. The molecule has 0 radical (unpaired) electrons. The molecule has 3 N–H and O–H groups in total. The molecule has 1 saturated carbocycles. The van der Waals surface area contributed by atoms with Crippen LogP contribution in [0.15, 0.2) is 0 Å². The molecule has 2 nitrogen and oxygen atoms in total. The second-order valence-electron chi connectivity index (χ2n) is 4.31. The predicted octanol–water partition coefficient (Wildman–Crippen LogP) is 2.38. The van der Waals surface area contributed by atoms with E-state index in [4.69, 9.17) is 11.1 Å². The highest BCUT2D eigenvalue weighted by Crippen LogP contribution is 2.32. The second-order valence-corrected chi connectivity index (χ2v) is 4.31. The number of hydrogen-bond donors (Lipinski definition) is 2. The molecule has 0 aromatic rings. The van der Waals surface area contributed by atoms with Crippen LogP contribution in [0, 0.1) is 23.2 Å². The van der Waals surface area contributed by atoms with Crippen molar-refractivity contribution in [3.63, 3.8) is 0 Å². The van der Waals surface area contributed by atoms with Gasteiger partial charge in [0.25, 0.3) is 0 Å². The Labute approximate surface area is 75.0 Å². The van der Waals surface area contributed by atoms with E-state index in [0.717, 1.165) is 24.7 Å². The van der Waals surface area contributed by atoms with E-state index in [9.17, 15) is 0 Å². The second kappa shape index (κ2) is 3.92. The van der Waals surface area contributed by atoms with Gasteiger partial charge in [-0.1, -0.05) is 13.8 Å². The van der Waals surface area contributed by atoms with Crippen molar-refractivity contribution >= 4 is 5.84 Å². The lowest BCUT2D eigenvalue weighted by Crippen LogP contribution is -2.28. The topological polar surface area (TPSA) is 49.9 Å². The third-order valence-corrected chi connectivity index (χ3v) is 3.15. The molecular weight excluding hydrogens is 148 g/mol. The summed E-state index contributed by atoms with van der Waals surface area (Å²) >= 11 is 0. The van der Waals surface area contributed by atoms with Crippen LogP contribution in [-0.4, -0.2) is 5.84 Å². The first kappa shape index (κ1) is 9.56. The van der Waals surface area contributed by atoms with Crippen molar-refractivity contribution in [1.29, 1.82) is 5.41 Å². The zero-order chi connectivity index (χ0) is 9.14. The van der Waals surface area contributed by atoms with Crippen molar-refractivity contribution in [2.45, 2.75) is 39.5 Å². The summed E-state index contributed by atoms with van der Waals surface area (Å²) in [6.45, 7) is 4.58. The molecule has 0 aliphatic heterocycles. The van der Waals surface area contributed by atoms with Gasteiger partial charge < -0.3 is 5.73 Å². The predicted molar refractivity (Wildman–Crippen MR) is 52.2 cm³/mol. The third-order valence-electron chi connectivity index (χ3n) is 3.15. The van der Waals surface area contributed by atoms with Crippen LogP contribution in [0.5, 0.6) is 0 Å². The molecule has 1 aliphatic rings. The molecule has 1 rings (SSSR count). The average molecular weight is 168 g/mol. The summed E-state index contributed by atoms with van der Waals surface area (Å²) in [4.78, 5) is 0. The molecule has 0 atom stereocenters. The fraction of sp³-hybridized carbons (Fsp3) is 0.900. The first-order valence-electron chi connectivity index (χ1n) is 4.95. The Morgan fingerprint density at radius 3 is 2.08 bits per heavy atom. The van der Waals surface area contributed by atoms with Gasteiger partial charge in [0.15, 0.2) is 0 Å². The highest BCUT2D eigenvalue weighted by molar-refractivity contribution is 5.79. The fourth-order valence-electron chi connectivity index (χ4n) is 2.10. The minimum Gasteiger partial charge on any atom is -0.387 e. The van der Waals surface area contributed by atoms with Crippen LogP contribution in [0.25, 0.3) is 0 Å². The van der Waals surface area contributed by atoms with Crippen molar-refractivity contribution < 1.29 is 0 Å². The highest BCUT2D eigenvalue weighted by atomic mass is 14.7. The Balaban J connectivity index is 2.34. The summed E-state index contributed by atoms with van der Waals surface area (Å²) in [6, 6.07) is 0. The molecule has 1 aliphatic carbocycles. The summed E-state index contributed by atoms with van der Waals surface area (Å²) in [5.41, 5.74) is 5.47. The molecule has 0 bridgehead atoms. The van der Waals surface area contributed by atoms with E-state index in [1.54, 1.807) is 0 Å². The van der Waals surface area contributed by atoms with Crippen LogP contribution >= 0.6 is 0 Å². The average Bonchev–Trinajstić information content (AvgIpc) is 2.04. The maximum absolute atomic E-state index is 7.34. The van der Waals surface area contributed by atoms with Gasteiger partial charge in [-0.2, -0.15) is 0 Å². The van der Waals surface area contributed by atoms with E-state index in [0.29, 0.717) is 11.8 Å². The van der Waals surface area contributed by atoms with Gasteiger partial charge in [0.1, 0.15) is 0 Å². The Bertz CT molecular complexity index is 155. The largest absolute Gasteiger partial charge is 0.387 e. The first-order valence-corrected chi connectivity index (χ1v) is 4.95. The van der Waals surface area contributed by atoms with Crippen molar-refractivity contribution in [2.75, 3.05) is 0 Å². The summed E-state index contributed by atoms with van der Waals surface area (Å²) in [5.74, 6) is 2.47. The molecule has 70 valence electrons. The minimum absolute atomic E-state index is 0.389. The lowest BCUT2D eigenvalue weighted by Gasteiger charge is -2.30. The first-order chi connectivity index (χ1) is 5.61. The Morgan fingerprint density at radius 1 is 1.25 bits per heavy atom. The van der Waals surface area contributed by atoms with Crippen LogP contribution in [0.4, 0.5) is 0 Å². The third kappa shape index (κ3) is 2.23. The van der Waals surface area contributed by atoms with Crippen molar-refractivity contribution in [2.24, 2.45) is 23.5 Å². The van der Waals surface area contributed by atoms with Crippen molar-refractivity contribution in [3.8, 4) is 0 Å². The maximum Gasteiger partial charge on any atom is 0.0936 e. The minimum atomic E-state index is 0.389. The standard InChI is InChI=1S/C10H20N2/c1-7(2)8-3-5-9(6-4-8)10(11)12/h7-9H,3-6H2,1-2H3,(H3,11,12)/t8-,9+. The normalized spacial score (nSPS) is 30.6. The van der Waals surface area contributed by atoms with E-state index < -0.39 is 0 Å². The Hall–Kier alpha value is -0.530. The van der Waals surface area contributed by atoms with Crippen LogP contribution in [0.3, 0.4) is 0 Å². The molecule has 0 amide bonds. The van der Waals surface area contributed by atoms with Crippen LogP contribution in [0.1, 0.15) is 39.5 Å². The maximum atomic E-state index is 7.34. The fourth-order valence-corrected chi connectivity index (χ4v) is 2.10. The van der Waals surface area contributed by atoms with Gasteiger partial charge in [-0.3, -0.25) is 5.41 Å². The van der Waals surface area contributed by atoms with Gasteiger partial charge in [-0.05, 0) is 37.5 Å². The van der Waals surface area contributed by atoms with E-state index >= 15 is 0 Å². The number of nitrogens with one attached hydrogen (secondary N) is 1. The smallest absolute Gasteiger partial charge is 0.0936 e. The van der Waals surface area contributed by atoms with E-state index in [2.05, 4.69) is 13.8 Å². The Kier molecular flexibility index (Phi) is 3.12. The zero-order valence-electron chi connectivity index (χ0n) is 8.14. The van der Waals surface area contributed by atoms with Gasteiger partial charge in [0.2, 0.25) is 0 Å². The van der Waals surface area contributed by atoms with Gasteiger partial charge in [0, 0.05) is 5.92 Å². The zero-order valence-corrected chi connectivity index (χ0v) is 8.14. The molecule has 0 aromatic heterocycles. The number of nitrogens with two attached hydrogens (primary N) is 1. The molecular formula is C10H20N2. The number of rotatable bonds is 2. The summed E-state index contributed by atoms with van der Waals surface area (Å²) < 4.78 is 0. The molecule has 0 aromatic carbocycles. The van der Waals surface area contributed by atoms with Crippen LogP contribution in [-0.2, 0) is 0 Å². The van der Waals surface area contributed by atoms with Crippen LogP contribution < -0.4 is 5.73 Å². The summed E-state index contributed by atoms with van der Waals surface area (Å²) in [5, 5.41) is 7.34. The van der Waals surface area contributed by atoms with E-state index in [1.165, 1.54) is 12.8 Å². The summed E-state index contributed by atoms with van der Waals surface area (Å²) in [6.07, 6.45) is 4.81. The van der Waals surface area contributed by atoms with Gasteiger partial charge in [0.05, 0.1) is 5.84 Å². The molecule has 0 spiro atoms. The van der Waals surface area contributed by atoms with Crippen LogP contribution in [0.2, 0.25) is 0 Å². The van der Waals surface area contributed by atoms with E-state index in [-0.39, 0.29) is 0 Å². The molecule has 1 fully saturated rings. The summed E-state index contributed by atoms with van der Waals surface area (Å²) in [7, 11) is 0. The number of hydrogen-bond acceptors (Lipinski definition) is 1. The van der Waals surface area contributed by atoms with Crippen molar-refractivity contribution in [1.82, 2.24) is 0 Å². The van der Waals surface area contributed by atoms with Gasteiger partial charge in [-0.25, -0.2) is 0 Å². The molecule has 0 saturated heterocycles. The quantitative estimate of drug-likeness (QED) is 0.482. The van der Waals surface area contributed by atoms with E-state index in [1.807, 2.05) is 0 Å². The highest BCUT2D eigenvalue weighted by Gasteiger charge is 2.24.